The van der Waals surface area contributed by atoms with E-state index in [1.54, 1.807) is 13.0 Å². The molecule has 7 heteroatoms. The molecule has 2 N–H and O–H groups in total. The van der Waals surface area contributed by atoms with Crippen LogP contribution in [0.5, 0.6) is 0 Å². The standard InChI is InChI=1S/C16H25ClN2O2S.ClH/c1-4-22(20,21)15-12(6-5-7-13(15)17)10-19-9-8-14(18)16(2,3)11-19;/h5-7,14H,4,8-11,18H2,1-3H3;1H. The van der Waals surface area contributed by atoms with E-state index in [1.807, 2.05) is 12.1 Å². The normalized spacial score (nSPS) is 21.7. The highest BCUT2D eigenvalue weighted by Gasteiger charge is 2.34. The summed E-state index contributed by atoms with van der Waals surface area (Å²) in [6.45, 7) is 8.28. The quantitative estimate of drug-likeness (QED) is 0.871. The molecule has 1 unspecified atom stereocenters. The van der Waals surface area contributed by atoms with Crippen LogP contribution in [0.2, 0.25) is 5.02 Å². The lowest BCUT2D eigenvalue weighted by Gasteiger charge is -2.42. The van der Waals surface area contributed by atoms with Gasteiger partial charge in [0.15, 0.2) is 9.84 Å². The summed E-state index contributed by atoms with van der Waals surface area (Å²) in [5, 5.41) is 0.312. The molecule has 0 spiro atoms. The fourth-order valence-electron chi connectivity index (χ4n) is 3.03. The van der Waals surface area contributed by atoms with Crippen molar-refractivity contribution in [2.75, 3.05) is 18.8 Å². The van der Waals surface area contributed by atoms with Crippen LogP contribution >= 0.6 is 24.0 Å². The van der Waals surface area contributed by atoms with Crippen molar-refractivity contribution in [1.82, 2.24) is 4.90 Å². The Morgan fingerprint density at radius 3 is 2.61 bits per heavy atom. The highest BCUT2D eigenvalue weighted by molar-refractivity contribution is 7.91. The lowest BCUT2D eigenvalue weighted by Crippen LogP contribution is -2.52. The molecule has 0 aliphatic carbocycles. The van der Waals surface area contributed by atoms with Gasteiger partial charge in [-0.1, -0.05) is 44.5 Å². The van der Waals surface area contributed by atoms with Gasteiger partial charge in [0, 0.05) is 25.7 Å². The van der Waals surface area contributed by atoms with Crippen LogP contribution in [0.4, 0.5) is 0 Å². The first kappa shape index (κ1) is 20.7. The van der Waals surface area contributed by atoms with E-state index in [4.69, 9.17) is 17.3 Å². The predicted octanol–water partition coefficient (Wildman–Crippen LogP) is 3.11. The molecule has 132 valence electrons. The number of rotatable bonds is 4. The van der Waals surface area contributed by atoms with E-state index in [2.05, 4.69) is 18.7 Å². The van der Waals surface area contributed by atoms with E-state index in [-0.39, 0.29) is 34.5 Å². The van der Waals surface area contributed by atoms with Crippen LogP contribution in [0, 0.1) is 5.41 Å². The smallest absolute Gasteiger partial charge is 0.179 e. The van der Waals surface area contributed by atoms with Crippen molar-refractivity contribution in [3.63, 3.8) is 0 Å². The van der Waals surface area contributed by atoms with E-state index >= 15 is 0 Å². The average Bonchev–Trinajstić information content (AvgIpc) is 2.42. The van der Waals surface area contributed by atoms with Gasteiger partial charge in [0.1, 0.15) is 0 Å². The van der Waals surface area contributed by atoms with Crippen LogP contribution in [-0.4, -0.2) is 38.2 Å². The van der Waals surface area contributed by atoms with Gasteiger partial charge in [-0.3, -0.25) is 4.90 Å². The van der Waals surface area contributed by atoms with Crippen LogP contribution in [0.25, 0.3) is 0 Å². The Bertz CT molecular complexity index is 647. The minimum absolute atomic E-state index is 0. The van der Waals surface area contributed by atoms with Crippen molar-refractivity contribution in [2.45, 2.75) is 44.7 Å². The van der Waals surface area contributed by atoms with E-state index in [9.17, 15) is 8.42 Å². The first-order valence-electron chi connectivity index (χ1n) is 7.65. The fourth-order valence-corrected chi connectivity index (χ4v) is 4.76. The molecule has 1 aliphatic heterocycles. The van der Waals surface area contributed by atoms with Crippen LogP contribution in [0.15, 0.2) is 23.1 Å². The van der Waals surface area contributed by atoms with E-state index in [0.29, 0.717) is 11.6 Å². The minimum Gasteiger partial charge on any atom is -0.327 e. The monoisotopic (exact) mass is 380 g/mol. The first-order valence-corrected chi connectivity index (χ1v) is 9.68. The van der Waals surface area contributed by atoms with Crippen molar-refractivity contribution in [3.05, 3.63) is 28.8 Å². The second-order valence-corrected chi connectivity index (χ2v) is 9.35. The number of likely N-dealkylation sites (tertiary alicyclic amines) is 1. The van der Waals surface area contributed by atoms with Gasteiger partial charge in [-0.2, -0.15) is 0 Å². The summed E-state index contributed by atoms with van der Waals surface area (Å²) in [6, 6.07) is 5.49. The molecular formula is C16H26Cl2N2O2S. The number of piperidine rings is 1. The zero-order valence-electron chi connectivity index (χ0n) is 13.9. The number of nitrogens with two attached hydrogens (primary N) is 1. The van der Waals surface area contributed by atoms with Gasteiger partial charge in [-0.15, -0.1) is 12.4 Å². The number of nitrogens with zero attached hydrogens (tertiary/aromatic N) is 1. The number of sulfone groups is 1. The molecule has 1 aromatic carbocycles. The van der Waals surface area contributed by atoms with Crippen LogP contribution in [-0.2, 0) is 16.4 Å². The molecule has 0 aromatic heterocycles. The van der Waals surface area contributed by atoms with Gasteiger partial charge >= 0.3 is 0 Å². The molecule has 1 atom stereocenters. The van der Waals surface area contributed by atoms with Crippen molar-refractivity contribution in [3.8, 4) is 0 Å². The molecular weight excluding hydrogens is 355 g/mol. The van der Waals surface area contributed by atoms with E-state index < -0.39 is 9.84 Å². The van der Waals surface area contributed by atoms with Crippen LogP contribution < -0.4 is 5.73 Å². The van der Waals surface area contributed by atoms with Crippen molar-refractivity contribution in [1.29, 1.82) is 0 Å². The summed E-state index contributed by atoms with van der Waals surface area (Å²) in [7, 11) is -3.33. The Morgan fingerprint density at radius 2 is 2.04 bits per heavy atom. The second kappa shape index (κ2) is 7.70. The summed E-state index contributed by atoms with van der Waals surface area (Å²) in [4.78, 5) is 2.55. The van der Waals surface area contributed by atoms with Gasteiger partial charge in [-0.05, 0) is 23.5 Å². The fraction of sp³-hybridized carbons (Fsp3) is 0.625. The largest absolute Gasteiger partial charge is 0.327 e. The zero-order chi connectivity index (χ0) is 16.5. The molecule has 2 rings (SSSR count). The van der Waals surface area contributed by atoms with Crippen molar-refractivity contribution < 1.29 is 8.42 Å². The molecule has 1 aromatic rings. The molecule has 0 radical (unpaired) electrons. The molecule has 0 saturated carbocycles. The summed E-state index contributed by atoms with van der Waals surface area (Å²) in [6.07, 6.45) is 0.920. The molecule has 1 fully saturated rings. The van der Waals surface area contributed by atoms with Gasteiger partial charge in [0.25, 0.3) is 0 Å². The van der Waals surface area contributed by atoms with Gasteiger partial charge in [-0.25, -0.2) is 8.42 Å². The van der Waals surface area contributed by atoms with Gasteiger partial charge in [0.2, 0.25) is 0 Å². The van der Waals surface area contributed by atoms with Crippen LogP contribution in [0.1, 0.15) is 32.8 Å². The zero-order valence-corrected chi connectivity index (χ0v) is 16.3. The maximum absolute atomic E-state index is 12.3. The number of hydrogen-bond acceptors (Lipinski definition) is 4. The summed E-state index contributed by atoms with van der Waals surface area (Å²) < 4.78 is 24.7. The average molecular weight is 381 g/mol. The topological polar surface area (TPSA) is 63.4 Å². The van der Waals surface area contributed by atoms with Gasteiger partial charge in [0.05, 0.1) is 15.7 Å². The molecule has 0 bridgehead atoms. The SMILES string of the molecule is CCS(=O)(=O)c1c(Cl)cccc1CN1CCC(N)C(C)(C)C1.Cl. The minimum atomic E-state index is -3.33. The van der Waals surface area contributed by atoms with Crippen LogP contribution in [0.3, 0.4) is 0 Å². The maximum Gasteiger partial charge on any atom is 0.179 e. The Hall–Kier alpha value is -0.330. The first-order chi connectivity index (χ1) is 10.2. The van der Waals surface area contributed by atoms with Crippen molar-refractivity contribution in [2.24, 2.45) is 11.1 Å². The third-order valence-electron chi connectivity index (χ3n) is 4.52. The predicted molar refractivity (Wildman–Crippen MR) is 98.1 cm³/mol. The lowest BCUT2D eigenvalue weighted by molar-refractivity contribution is 0.0893. The van der Waals surface area contributed by atoms with Crippen molar-refractivity contribution >= 4 is 33.8 Å². The third kappa shape index (κ3) is 4.60. The summed E-state index contributed by atoms with van der Waals surface area (Å²) in [5.41, 5.74) is 6.98. The number of halogens is 2. The molecule has 23 heavy (non-hydrogen) atoms. The number of hydrogen-bond donors (Lipinski definition) is 1. The van der Waals surface area contributed by atoms with E-state index in [0.717, 1.165) is 25.1 Å². The van der Waals surface area contributed by atoms with Gasteiger partial charge < -0.3 is 5.73 Å². The third-order valence-corrected chi connectivity index (χ3v) is 6.82. The van der Waals surface area contributed by atoms with E-state index in [1.165, 1.54) is 0 Å². The lowest BCUT2D eigenvalue weighted by atomic mass is 9.79. The highest BCUT2D eigenvalue weighted by Crippen LogP contribution is 2.31. The Labute approximate surface area is 150 Å². The second-order valence-electron chi connectivity index (χ2n) is 6.73. The Morgan fingerprint density at radius 1 is 1.39 bits per heavy atom. The summed E-state index contributed by atoms with van der Waals surface area (Å²) in [5.74, 6) is 0.0557. The maximum atomic E-state index is 12.3. The Kier molecular flexibility index (Phi) is 6.94. The molecule has 1 saturated heterocycles. The molecule has 0 amide bonds. The molecule has 1 heterocycles. The Balaban J connectivity index is 0.00000264. The highest BCUT2D eigenvalue weighted by atomic mass is 35.5. The summed E-state index contributed by atoms with van der Waals surface area (Å²) >= 11 is 6.17. The molecule has 1 aliphatic rings. The number of benzene rings is 1. The molecule has 4 nitrogen and oxygen atoms in total.